The van der Waals surface area contributed by atoms with E-state index < -0.39 is 16.0 Å². The van der Waals surface area contributed by atoms with Crippen molar-refractivity contribution in [3.8, 4) is 0 Å². The first-order chi connectivity index (χ1) is 10.4. The van der Waals surface area contributed by atoms with Crippen LogP contribution in [-0.2, 0) is 14.8 Å². The number of rotatable bonds is 4. The maximum Gasteiger partial charge on any atom is 0.337 e. The summed E-state index contributed by atoms with van der Waals surface area (Å²) in [4.78, 5) is 11.8. The standard InChI is InChI=1S/C16H23NO4S/c1-12-9-10-13(16(18)21-3)11-15(12)22(19,20)17(2)14-7-5-4-6-8-14/h9-11,14H,4-8H2,1-3H3. The van der Waals surface area contributed by atoms with Crippen LogP contribution < -0.4 is 0 Å². The number of aryl methyl sites for hydroxylation is 1. The van der Waals surface area contributed by atoms with Crippen LogP contribution in [0.4, 0.5) is 0 Å². The highest BCUT2D eigenvalue weighted by atomic mass is 32.2. The molecule has 0 radical (unpaired) electrons. The summed E-state index contributed by atoms with van der Waals surface area (Å²) < 4.78 is 31.9. The molecule has 0 unspecified atom stereocenters. The minimum atomic E-state index is -3.61. The smallest absolute Gasteiger partial charge is 0.337 e. The molecule has 0 saturated heterocycles. The van der Waals surface area contributed by atoms with Crippen molar-refractivity contribution < 1.29 is 17.9 Å². The van der Waals surface area contributed by atoms with Crippen LogP contribution in [-0.4, -0.2) is 38.9 Å². The summed E-state index contributed by atoms with van der Waals surface area (Å²) in [7, 11) is -0.691. The Labute approximate surface area is 132 Å². The van der Waals surface area contributed by atoms with Crippen LogP contribution in [0.25, 0.3) is 0 Å². The second-order valence-corrected chi connectivity index (χ2v) is 7.75. The molecule has 0 N–H and O–H groups in total. The number of benzene rings is 1. The van der Waals surface area contributed by atoms with Crippen LogP contribution in [0.5, 0.6) is 0 Å². The van der Waals surface area contributed by atoms with Crippen LogP contribution in [0.3, 0.4) is 0 Å². The van der Waals surface area contributed by atoms with Gasteiger partial charge in [0.25, 0.3) is 0 Å². The van der Waals surface area contributed by atoms with Gasteiger partial charge in [0.05, 0.1) is 17.6 Å². The van der Waals surface area contributed by atoms with Crippen LogP contribution >= 0.6 is 0 Å². The lowest BCUT2D eigenvalue weighted by Crippen LogP contribution is -2.38. The summed E-state index contributed by atoms with van der Waals surface area (Å²) in [5.41, 5.74) is 0.888. The van der Waals surface area contributed by atoms with Gasteiger partial charge in [0.2, 0.25) is 10.0 Å². The molecule has 0 aromatic heterocycles. The maximum absolute atomic E-state index is 12.9. The fourth-order valence-electron chi connectivity index (χ4n) is 2.92. The van der Waals surface area contributed by atoms with Gasteiger partial charge in [-0.1, -0.05) is 25.3 Å². The molecule has 1 aliphatic carbocycles. The number of esters is 1. The molecular weight excluding hydrogens is 302 g/mol. The van der Waals surface area contributed by atoms with E-state index in [0.29, 0.717) is 5.56 Å². The molecule has 0 bridgehead atoms. The molecule has 22 heavy (non-hydrogen) atoms. The van der Waals surface area contributed by atoms with Crippen LogP contribution in [0.2, 0.25) is 0 Å². The largest absolute Gasteiger partial charge is 0.465 e. The van der Waals surface area contributed by atoms with Crippen molar-refractivity contribution in [2.24, 2.45) is 0 Å². The van der Waals surface area contributed by atoms with Crippen molar-refractivity contribution in [1.82, 2.24) is 4.31 Å². The third kappa shape index (κ3) is 3.33. The number of nitrogens with zero attached hydrogens (tertiary/aromatic N) is 1. The Kier molecular flexibility index (Phi) is 5.24. The molecule has 1 aromatic rings. The molecule has 0 heterocycles. The van der Waals surface area contributed by atoms with Gasteiger partial charge in [-0.2, -0.15) is 4.31 Å². The van der Waals surface area contributed by atoms with E-state index >= 15 is 0 Å². The van der Waals surface area contributed by atoms with Gasteiger partial charge in [0.1, 0.15) is 0 Å². The number of hydrogen-bond donors (Lipinski definition) is 0. The zero-order valence-corrected chi connectivity index (χ0v) is 14.1. The van der Waals surface area contributed by atoms with E-state index in [2.05, 4.69) is 4.74 Å². The van der Waals surface area contributed by atoms with Crippen molar-refractivity contribution >= 4 is 16.0 Å². The van der Waals surface area contributed by atoms with Crippen molar-refractivity contribution in [2.45, 2.75) is 50.0 Å². The minimum absolute atomic E-state index is 0.0416. The van der Waals surface area contributed by atoms with E-state index in [0.717, 1.165) is 25.7 Å². The Morgan fingerprint density at radius 2 is 1.86 bits per heavy atom. The van der Waals surface area contributed by atoms with Gasteiger partial charge in [-0.05, 0) is 37.5 Å². The SMILES string of the molecule is COC(=O)c1ccc(C)c(S(=O)(=O)N(C)C2CCCCC2)c1. The quantitative estimate of drug-likeness (QED) is 0.799. The molecular formula is C16H23NO4S. The van der Waals surface area contributed by atoms with Gasteiger partial charge >= 0.3 is 5.97 Å². The lowest BCUT2D eigenvalue weighted by atomic mass is 9.96. The van der Waals surface area contributed by atoms with Gasteiger partial charge in [0.15, 0.2) is 0 Å². The Bertz CT molecular complexity index is 648. The number of carbonyl (C=O) groups excluding carboxylic acids is 1. The number of sulfonamides is 1. The molecule has 1 aliphatic rings. The Hall–Kier alpha value is -1.40. The number of methoxy groups -OCH3 is 1. The highest BCUT2D eigenvalue weighted by Crippen LogP contribution is 2.28. The predicted molar refractivity (Wildman–Crippen MR) is 84.3 cm³/mol. The molecule has 2 rings (SSSR count). The van der Waals surface area contributed by atoms with Gasteiger partial charge in [0, 0.05) is 13.1 Å². The monoisotopic (exact) mass is 325 g/mol. The molecule has 1 saturated carbocycles. The summed E-state index contributed by atoms with van der Waals surface area (Å²) >= 11 is 0. The summed E-state index contributed by atoms with van der Waals surface area (Å²) in [6.07, 6.45) is 5.08. The zero-order valence-electron chi connectivity index (χ0n) is 13.3. The summed E-state index contributed by atoms with van der Waals surface area (Å²) in [5, 5.41) is 0. The van der Waals surface area contributed by atoms with Gasteiger partial charge in [-0.3, -0.25) is 0 Å². The fourth-order valence-corrected chi connectivity index (χ4v) is 4.58. The molecule has 1 aromatic carbocycles. The topological polar surface area (TPSA) is 63.7 Å². The average molecular weight is 325 g/mol. The molecule has 122 valence electrons. The second-order valence-electron chi connectivity index (χ2n) is 5.78. The van der Waals surface area contributed by atoms with E-state index in [-0.39, 0.29) is 16.5 Å². The lowest BCUT2D eigenvalue weighted by Gasteiger charge is -2.30. The van der Waals surface area contributed by atoms with Crippen molar-refractivity contribution in [1.29, 1.82) is 0 Å². The molecule has 0 amide bonds. The molecule has 0 aliphatic heterocycles. The van der Waals surface area contributed by atoms with Crippen molar-refractivity contribution in [3.63, 3.8) is 0 Å². The minimum Gasteiger partial charge on any atom is -0.465 e. The van der Waals surface area contributed by atoms with E-state index in [1.807, 2.05) is 0 Å². The first kappa shape index (κ1) is 17.0. The number of carbonyl (C=O) groups is 1. The van der Waals surface area contributed by atoms with Gasteiger partial charge < -0.3 is 4.74 Å². The summed E-state index contributed by atoms with van der Waals surface area (Å²) in [6.45, 7) is 1.74. The molecule has 0 spiro atoms. The first-order valence-electron chi connectivity index (χ1n) is 7.55. The molecule has 0 atom stereocenters. The Morgan fingerprint density at radius 3 is 2.45 bits per heavy atom. The second kappa shape index (κ2) is 6.79. The maximum atomic E-state index is 12.9. The highest BCUT2D eigenvalue weighted by Gasteiger charge is 2.30. The molecule has 1 fully saturated rings. The van der Waals surface area contributed by atoms with Crippen LogP contribution in [0.15, 0.2) is 23.1 Å². The number of hydrogen-bond acceptors (Lipinski definition) is 4. The van der Waals surface area contributed by atoms with Crippen LogP contribution in [0.1, 0.15) is 48.0 Å². The van der Waals surface area contributed by atoms with Gasteiger partial charge in [-0.15, -0.1) is 0 Å². The average Bonchev–Trinajstić information content (AvgIpc) is 2.54. The van der Waals surface area contributed by atoms with Crippen molar-refractivity contribution in [2.75, 3.05) is 14.2 Å². The zero-order chi connectivity index (χ0) is 16.3. The van der Waals surface area contributed by atoms with E-state index in [4.69, 9.17) is 0 Å². The fraction of sp³-hybridized carbons (Fsp3) is 0.562. The van der Waals surface area contributed by atoms with Gasteiger partial charge in [-0.25, -0.2) is 13.2 Å². The Morgan fingerprint density at radius 1 is 1.23 bits per heavy atom. The summed E-state index contributed by atoms with van der Waals surface area (Å²) in [5.74, 6) is -0.531. The van der Waals surface area contributed by atoms with Crippen molar-refractivity contribution in [3.05, 3.63) is 29.3 Å². The number of ether oxygens (including phenoxy) is 1. The first-order valence-corrected chi connectivity index (χ1v) is 8.99. The summed E-state index contributed by atoms with van der Waals surface area (Å²) in [6, 6.07) is 4.68. The third-order valence-electron chi connectivity index (χ3n) is 4.36. The molecule has 5 nitrogen and oxygen atoms in total. The highest BCUT2D eigenvalue weighted by molar-refractivity contribution is 7.89. The van der Waals surface area contributed by atoms with Crippen LogP contribution in [0, 0.1) is 6.92 Å². The predicted octanol–water partition coefficient (Wildman–Crippen LogP) is 2.73. The van der Waals surface area contributed by atoms with E-state index in [1.54, 1.807) is 26.1 Å². The molecule has 6 heteroatoms. The third-order valence-corrected chi connectivity index (χ3v) is 6.41. The van der Waals surface area contributed by atoms with E-state index in [1.165, 1.54) is 23.9 Å². The van der Waals surface area contributed by atoms with E-state index in [9.17, 15) is 13.2 Å². The normalized spacial score (nSPS) is 16.7. The lowest BCUT2D eigenvalue weighted by molar-refractivity contribution is 0.0600. The Balaban J connectivity index is 2.37.